The van der Waals surface area contributed by atoms with Crippen molar-refractivity contribution < 1.29 is 9.59 Å². The van der Waals surface area contributed by atoms with Crippen LogP contribution in [0.1, 0.15) is 54.1 Å². The third kappa shape index (κ3) is 4.50. The van der Waals surface area contributed by atoms with Gasteiger partial charge in [-0.1, -0.05) is 49.6 Å². The number of amides is 2. The molecule has 4 nitrogen and oxygen atoms in total. The summed E-state index contributed by atoms with van der Waals surface area (Å²) in [5.74, 6) is 0.997. The molecule has 1 aliphatic heterocycles. The Hall–Kier alpha value is -2.27. The third-order valence-corrected chi connectivity index (χ3v) is 7.06. The van der Waals surface area contributed by atoms with Gasteiger partial charge in [-0.15, -0.1) is 11.8 Å². The third-order valence-electron chi connectivity index (χ3n) is 6.02. The number of hydrogen-bond donors (Lipinski definition) is 1. The van der Waals surface area contributed by atoms with E-state index in [0.717, 1.165) is 22.6 Å². The fraction of sp³-hybridized carbons (Fsp3) is 0.417. The van der Waals surface area contributed by atoms with Gasteiger partial charge in [-0.05, 0) is 49.4 Å². The fourth-order valence-corrected chi connectivity index (χ4v) is 5.21. The summed E-state index contributed by atoms with van der Waals surface area (Å²) in [5.41, 5.74) is 3.75. The lowest BCUT2D eigenvalue weighted by molar-refractivity contribution is -0.116. The van der Waals surface area contributed by atoms with Crippen molar-refractivity contribution in [2.45, 2.75) is 57.0 Å². The summed E-state index contributed by atoms with van der Waals surface area (Å²) in [6.07, 6.45) is 4.64. The molecule has 1 fully saturated rings. The second-order valence-electron chi connectivity index (χ2n) is 8.28. The van der Waals surface area contributed by atoms with E-state index < -0.39 is 0 Å². The first kappa shape index (κ1) is 20.0. The second kappa shape index (κ2) is 8.62. The van der Waals surface area contributed by atoms with Crippen LogP contribution in [0.5, 0.6) is 0 Å². The fourth-order valence-electron chi connectivity index (χ4n) is 4.29. The molecule has 1 aliphatic carbocycles. The lowest BCUT2D eigenvalue weighted by Gasteiger charge is -2.31. The number of thioether (sulfide) groups is 1. The van der Waals surface area contributed by atoms with Crippen LogP contribution in [0.25, 0.3) is 0 Å². The van der Waals surface area contributed by atoms with E-state index >= 15 is 0 Å². The van der Waals surface area contributed by atoms with E-state index in [4.69, 9.17) is 0 Å². The van der Waals surface area contributed by atoms with Gasteiger partial charge in [0.05, 0.1) is 18.0 Å². The highest BCUT2D eigenvalue weighted by Gasteiger charge is 2.27. The number of fused-ring (bicyclic) bond motifs is 1. The van der Waals surface area contributed by atoms with E-state index in [9.17, 15) is 9.59 Å². The Morgan fingerprint density at radius 1 is 1.17 bits per heavy atom. The molecule has 2 aromatic carbocycles. The van der Waals surface area contributed by atoms with Crippen LogP contribution >= 0.6 is 11.8 Å². The van der Waals surface area contributed by atoms with E-state index in [0.29, 0.717) is 23.8 Å². The molecule has 2 unspecified atom stereocenters. The number of rotatable bonds is 4. The van der Waals surface area contributed by atoms with Crippen LogP contribution in [-0.2, 0) is 11.3 Å². The van der Waals surface area contributed by atoms with Crippen molar-refractivity contribution in [3.63, 3.8) is 0 Å². The Bertz CT molecular complexity index is 927. The molecule has 29 heavy (non-hydrogen) atoms. The molecule has 2 atom stereocenters. The van der Waals surface area contributed by atoms with Crippen LogP contribution in [0.3, 0.4) is 0 Å². The van der Waals surface area contributed by atoms with E-state index in [-0.39, 0.29) is 17.9 Å². The molecule has 2 amide bonds. The van der Waals surface area contributed by atoms with Gasteiger partial charge in [0, 0.05) is 16.5 Å². The number of benzene rings is 2. The number of carbonyl (C=O) groups is 2. The maximum atomic E-state index is 12.9. The van der Waals surface area contributed by atoms with E-state index in [1.165, 1.54) is 24.8 Å². The summed E-state index contributed by atoms with van der Waals surface area (Å²) < 4.78 is 0. The van der Waals surface area contributed by atoms with Crippen molar-refractivity contribution in [1.82, 2.24) is 5.32 Å². The molecule has 2 aromatic rings. The zero-order chi connectivity index (χ0) is 20.4. The van der Waals surface area contributed by atoms with E-state index in [2.05, 4.69) is 31.3 Å². The number of nitrogens with one attached hydrogen (secondary N) is 1. The SMILES string of the molecule is Cc1cccc(CN2C(=O)CSc3ccc(C(=O)NC4CCCCC4C)cc32)c1. The lowest BCUT2D eigenvalue weighted by atomic mass is 9.86. The predicted octanol–water partition coefficient (Wildman–Crippen LogP) is 4.94. The largest absolute Gasteiger partial charge is 0.349 e. The minimum absolute atomic E-state index is 0.0370. The maximum absolute atomic E-state index is 12.9. The highest BCUT2D eigenvalue weighted by atomic mass is 32.2. The van der Waals surface area contributed by atoms with Gasteiger partial charge < -0.3 is 10.2 Å². The Morgan fingerprint density at radius 2 is 2.00 bits per heavy atom. The topological polar surface area (TPSA) is 49.4 Å². The number of aryl methyl sites for hydroxylation is 1. The molecule has 152 valence electrons. The minimum Gasteiger partial charge on any atom is -0.349 e. The number of carbonyl (C=O) groups excluding carboxylic acids is 2. The number of anilines is 1. The van der Waals surface area contributed by atoms with Crippen LogP contribution in [0, 0.1) is 12.8 Å². The molecule has 0 bridgehead atoms. The first-order chi connectivity index (χ1) is 14.0. The standard InChI is InChI=1S/C24H28N2O2S/c1-16-6-5-8-18(12-16)14-26-21-13-19(10-11-22(21)29-15-23(26)27)24(28)25-20-9-4-3-7-17(20)2/h5-6,8,10-13,17,20H,3-4,7,9,14-15H2,1-2H3,(H,25,28). The molecule has 0 spiro atoms. The zero-order valence-electron chi connectivity index (χ0n) is 17.1. The average molecular weight is 409 g/mol. The predicted molar refractivity (Wildman–Crippen MR) is 118 cm³/mol. The monoisotopic (exact) mass is 408 g/mol. The van der Waals surface area contributed by atoms with Crippen molar-refractivity contribution in [3.05, 3.63) is 59.2 Å². The Morgan fingerprint density at radius 3 is 2.79 bits per heavy atom. The molecule has 1 saturated carbocycles. The van der Waals surface area contributed by atoms with Gasteiger partial charge in [0.1, 0.15) is 0 Å². The molecule has 1 heterocycles. The molecule has 0 radical (unpaired) electrons. The summed E-state index contributed by atoms with van der Waals surface area (Å²) >= 11 is 1.55. The van der Waals surface area contributed by atoms with Crippen molar-refractivity contribution in [2.75, 3.05) is 10.7 Å². The van der Waals surface area contributed by atoms with E-state index in [1.807, 2.05) is 35.2 Å². The molecular weight excluding hydrogens is 380 g/mol. The van der Waals surface area contributed by atoms with Gasteiger partial charge in [0.2, 0.25) is 5.91 Å². The van der Waals surface area contributed by atoms with Gasteiger partial charge in [-0.25, -0.2) is 0 Å². The summed E-state index contributed by atoms with van der Waals surface area (Å²) in [5, 5.41) is 3.23. The summed E-state index contributed by atoms with van der Waals surface area (Å²) in [4.78, 5) is 28.5. The molecule has 0 aromatic heterocycles. The highest BCUT2D eigenvalue weighted by Crippen LogP contribution is 2.37. The van der Waals surface area contributed by atoms with Crippen molar-refractivity contribution in [1.29, 1.82) is 0 Å². The summed E-state index contributed by atoms with van der Waals surface area (Å²) in [6, 6.07) is 14.2. The quantitative estimate of drug-likeness (QED) is 0.779. The van der Waals surface area contributed by atoms with Crippen molar-refractivity contribution in [2.24, 2.45) is 5.92 Å². The van der Waals surface area contributed by atoms with Crippen LogP contribution in [0.4, 0.5) is 5.69 Å². The van der Waals surface area contributed by atoms with Crippen molar-refractivity contribution >= 4 is 29.3 Å². The van der Waals surface area contributed by atoms with Crippen molar-refractivity contribution in [3.8, 4) is 0 Å². The van der Waals surface area contributed by atoms with Crippen LogP contribution in [0.2, 0.25) is 0 Å². The van der Waals surface area contributed by atoms with Crippen LogP contribution in [-0.4, -0.2) is 23.6 Å². The van der Waals surface area contributed by atoms with Gasteiger partial charge in [-0.3, -0.25) is 9.59 Å². The van der Waals surface area contributed by atoms with Gasteiger partial charge in [0.15, 0.2) is 0 Å². The molecule has 4 rings (SSSR count). The molecule has 0 saturated heterocycles. The molecule has 2 aliphatic rings. The Labute approximate surface area is 177 Å². The average Bonchev–Trinajstić information content (AvgIpc) is 2.71. The molecular formula is C24H28N2O2S. The van der Waals surface area contributed by atoms with Crippen LogP contribution < -0.4 is 10.2 Å². The smallest absolute Gasteiger partial charge is 0.251 e. The summed E-state index contributed by atoms with van der Waals surface area (Å²) in [7, 11) is 0. The van der Waals surface area contributed by atoms with Gasteiger partial charge >= 0.3 is 0 Å². The Balaban J connectivity index is 1.57. The number of hydrogen-bond acceptors (Lipinski definition) is 3. The highest BCUT2D eigenvalue weighted by molar-refractivity contribution is 8.00. The van der Waals surface area contributed by atoms with Gasteiger partial charge in [-0.2, -0.15) is 0 Å². The molecule has 1 N–H and O–H groups in total. The number of nitrogens with zero attached hydrogens (tertiary/aromatic N) is 1. The second-order valence-corrected chi connectivity index (χ2v) is 9.30. The zero-order valence-corrected chi connectivity index (χ0v) is 17.9. The first-order valence-electron chi connectivity index (χ1n) is 10.4. The van der Waals surface area contributed by atoms with Gasteiger partial charge in [0.25, 0.3) is 5.91 Å². The maximum Gasteiger partial charge on any atom is 0.251 e. The lowest BCUT2D eigenvalue weighted by Crippen LogP contribution is -2.41. The normalized spacial score (nSPS) is 21.6. The van der Waals surface area contributed by atoms with Crippen LogP contribution in [0.15, 0.2) is 47.4 Å². The first-order valence-corrected chi connectivity index (χ1v) is 11.4. The summed E-state index contributed by atoms with van der Waals surface area (Å²) in [6.45, 7) is 4.80. The minimum atomic E-state index is -0.0370. The van der Waals surface area contributed by atoms with E-state index in [1.54, 1.807) is 11.8 Å². The molecule has 5 heteroatoms. The Kier molecular flexibility index (Phi) is 5.95.